The van der Waals surface area contributed by atoms with Crippen LogP contribution < -0.4 is 15.0 Å². The summed E-state index contributed by atoms with van der Waals surface area (Å²) in [6, 6.07) is 19.1. The molecule has 0 unspecified atom stereocenters. The minimum absolute atomic E-state index is 0.109. The second-order valence-corrected chi connectivity index (χ2v) is 10.1. The number of hydrogen-bond acceptors (Lipinski definition) is 6. The SMILES string of the molecule is Cc1sc(-c2ccccn2)nc1-c1ccc2c(c1)N(CC(=O)Nc1ccccc1C(C)C)C(=O)CO2. The standard InChI is InChI=1S/C28H26N4O3S/c1-17(2)20-8-4-5-9-21(20)30-25(33)15-32-23-14-19(11-12-24(23)35-16-26(32)34)27-18(3)36-28(31-27)22-10-6-7-13-29-22/h4-14,17H,15-16H2,1-3H3,(H,30,33). The first-order valence-electron chi connectivity index (χ1n) is 11.8. The number of aryl methyl sites for hydroxylation is 1. The summed E-state index contributed by atoms with van der Waals surface area (Å²) in [5.41, 5.74) is 4.84. The fourth-order valence-corrected chi connectivity index (χ4v) is 5.15. The fourth-order valence-electron chi connectivity index (χ4n) is 4.23. The third-order valence-electron chi connectivity index (χ3n) is 6.01. The van der Waals surface area contributed by atoms with Gasteiger partial charge in [-0.05, 0) is 54.8 Å². The van der Waals surface area contributed by atoms with Crippen molar-refractivity contribution in [3.05, 3.63) is 77.3 Å². The van der Waals surface area contributed by atoms with Crippen LogP contribution in [0.25, 0.3) is 22.0 Å². The number of pyridine rings is 1. The second-order valence-electron chi connectivity index (χ2n) is 8.88. The van der Waals surface area contributed by atoms with Crippen LogP contribution in [0.3, 0.4) is 0 Å². The molecule has 2 aromatic heterocycles. The maximum atomic E-state index is 13.0. The van der Waals surface area contributed by atoms with E-state index >= 15 is 0 Å². The molecule has 0 spiro atoms. The molecule has 0 saturated heterocycles. The molecule has 0 atom stereocenters. The average molecular weight is 499 g/mol. The van der Waals surface area contributed by atoms with E-state index in [2.05, 4.69) is 24.1 Å². The van der Waals surface area contributed by atoms with Gasteiger partial charge in [-0.1, -0.05) is 38.1 Å². The van der Waals surface area contributed by atoms with Gasteiger partial charge < -0.3 is 10.1 Å². The van der Waals surface area contributed by atoms with E-state index in [0.717, 1.165) is 38.1 Å². The van der Waals surface area contributed by atoms with Crippen LogP contribution in [0.15, 0.2) is 66.9 Å². The van der Waals surface area contributed by atoms with E-state index in [4.69, 9.17) is 9.72 Å². The minimum atomic E-state index is -0.267. The Hall–Kier alpha value is -4.04. The number of fused-ring (bicyclic) bond motifs is 1. The van der Waals surface area contributed by atoms with E-state index < -0.39 is 0 Å². The Morgan fingerprint density at radius 1 is 1.14 bits per heavy atom. The van der Waals surface area contributed by atoms with Crippen molar-refractivity contribution in [1.82, 2.24) is 9.97 Å². The normalized spacial score (nSPS) is 12.9. The van der Waals surface area contributed by atoms with E-state index in [-0.39, 0.29) is 30.9 Å². The van der Waals surface area contributed by atoms with Crippen LogP contribution in [-0.4, -0.2) is 34.9 Å². The molecule has 1 N–H and O–H groups in total. The van der Waals surface area contributed by atoms with Gasteiger partial charge in [-0.25, -0.2) is 4.98 Å². The van der Waals surface area contributed by atoms with Crippen molar-refractivity contribution in [2.45, 2.75) is 26.7 Å². The Kier molecular flexibility index (Phi) is 6.52. The van der Waals surface area contributed by atoms with Crippen molar-refractivity contribution in [3.8, 4) is 27.7 Å². The largest absolute Gasteiger partial charge is 0.482 e. The predicted octanol–water partition coefficient (Wildman–Crippen LogP) is 5.67. The number of carbonyl (C=O) groups excluding carboxylic acids is 2. The zero-order valence-corrected chi connectivity index (χ0v) is 21.1. The quantitative estimate of drug-likeness (QED) is 0.370. The molecule has 182 valence electrons. The Labute approximate surface area is 213 Å². The number of para-hydroxylation sites is 1. The minimum Gasteiger partial charge on any atom is -0.482 e. The molecule has 8 heteroatoms. The molecule has 0 saturated carbocycles. The van der Waals surface area contributed by atoms with Gasteiger partial charge in [0.15, 0.2) is 6.61 Å². The van der Waals surface area contributed by atoms with Gasteiger partial charge in [0.2, 0.25) is 5.91 Å². The third-order valence-corrected chi connectivity index (χ3v) is 7.01. The lowest BCUT2D eigenvalue weighted by Crippen LogP contribution is -2.43. The van der Waals surface area contributed by atoms with Gasteiger partial charge in [-0.3, -0.25) is 19.5 Å². The summed E-state index contributed by atoms with van der Waals surface area (Å²) in [6.45, 7) is 5.95. The van der Waals surface area contributed by atoms with Crippen molar-refractivity contribution in [1.29, 1.82) is 0 Å². The molecule has 3 heterocycles. The van der Waals surface area contributed by atoms with Crippen LogP contribution in [0.2, 0.25) is 0 Å². The molecule has 0 aliphatic carbocycles. The van der Waals surface area contributed by atoms with E-state index in [9.17, 15) is 9.59 Å². The number of ether oxygens (including phenoxy) is 1. The van der Waals surface area contributed by atoms with Crippen molar-refractivity contribution in [2.75, 3.05) is 23.4 Å². The van der Waals surface area contributed by atoms with E-state index in [1.54, 1.807) is 17.5 Å². The number of anilines is 2. The Balaban J connectivity index is 1.43. The molecule has 36 heavy (non-hydrogen) atoms. The Bertz CT molecular complexity index is 1430. The maximum Gasteiger partial charge on any atom is 0.265 e. The summed E-state index contributed by atoms with van der Waals surface area (Å²) in [4.78, 5) is 37.6. The molecule has 2 aromatic carbocycles. The average Bonchev–Trinajstić information content (AvgIpc) is 3.28. The molecule has 2 amide bonds. The van der Waals surface area contributed by atoms with Crippen LogP contribution in [0.1, 0.15) is 30.2 Å². The molecule has 1 aliphatic heterocycles. The lowest BCUT2D eigenvalue weighted by Gasteiger charge is -2.29. The number of amides is 2. The van der Waals surface area contributed by atoms with Gasteiger partial charge in [-0.15, -0.1) is 11.3 Å². The van der Waals surface area contributed by atoms with Crippen LogP contribution in [0.4, 0.5) is 11.4 Å². The van der Waals surface area contributed by atoms with E-state index in [0.29, 0.717) is 11.4 Å². The molecule has 0 bridgehead atoms. The third kappa shape index (κ3) is 4.72. The highest BCUT2D eigenvalue weighted by Gasteiger charge is 2.28. The summed E-state index contributed by atoms with van der Waals surface area (Å²) >= 11 is 1.57. The molecule has 0 fully saturated rings. The van der Waals surface area contributed by atoms with Gasteiger partial charge in [0.25, 0.3) is 5.91 Å². The number of nitrogens with one attached hydrogen (secondary N) is 1. The summed E-state index contributed by atoms with van der Waals surface area (Å²) in [5.74, 6) is 0.284. The van der Waals surface area contributed by atoms with Crippen molar-refractivity contribution in [2.24, 2.45) is 0 Å². The number of carbonyl (C=O) groups is 2. The van der Waals surface area contributed by atoms with Gasteiger partial charge >= 0.3 is 0 Å². The van der Waals surface area contributed by atoms with Crippen LogP contribution in [0, 0.1) is 6.92 Å². The number of benzene rings is 2. The summed E-state index contributed by atoms with van der Waals surface area (Å²) in [6.07, 6.45) is 1.75. The van der Waals surface area contributed by atoms with Crippen molar-refractivity contribution in [3.63, 3.8) is 0 Å². The number of rotatable bonds is 6. The monoisotopic (exact) mass is 498 g/mol. The van der Waals surface area contributed by atoms with Gasteiger partial charge in [0, 0.05) is 22.3 Å². The molecule has 5 rings (SSSR count). The lowest BCUT2D eigenvalue weighted by atomic mass is 10.0. The summed E-state index contributed by atoms with van der Waals surface area (Å²) in [7, 11) is 0. The van der Waals surface area contributed by atoms with Crippen molar-refractivity contribution < 1.29 is 14.3 Å². The predicted molar refractivity (Wildman–Crippen MR) is 143 cm³/mol. The topological polar surface area (TPSA) is 84.4 Å². The van der Waals surface area contributed by atoms with E-state index in [1.165, 1.54) is 4.90 Å². The number of thiazole rings is 1. The van der Waals surface area contributed by atoms with Gasteiger partial charge in [0.05, 0.1) is 17.1 Å². The Morgan fingerprint density at radius 2 is 1.94 bits per heavy atom. The van der Waals surface area contributed by atoms with Crippen molar-refractivity contribution >= 4 is 34.5 Å². The first-order valence-corrected chi connectivity index (χ1v) is 12.6. The number of nitrogens with zero attached hydrogens (tertiary/aromatic N) is 3. The van der Waals surface area contributed by atoms with Gasteiger partial charge in [-0.2, -0.15) is 0 Å². The highest BCUT2D eigenvalue weighted by Crippen LogP contribution is 2.39. The lowest BCUT2D eigenvalue weighted by molar-refractivity contribution is -0.123. The first-order chi connectivity index (χ1) is 17.4. The summed E-state index contributed by atoms with van der Waals surface area (Å²) < 4.78 is 5.66. The molecular weight excluding hydrogens is 472 g/mol. The fraction of sp³-hybridized carbons (Fsp3) is 0.214. The first kappa shape index (κ1) is 23.7. The maximum absolute atomic E-state index is 13.0. The van der Waals surface area contributed by atoms with Crippen LogP contribution >= 0.6 is 11.3 Å². The number of aromatic nitrogens is 2. The zero-order chi connectivity index (χ0) is 25.2. The molecular formula is C28H26N4O3S. The van der Waals surface area contributed by atoms with E-state index in [1.807, 2.05) is 67.6 Å². The van der Waals surface area contributed by atoms with Crippen LogP contribution in [0.5, 0.6) is 5.75 Å². The summed E-state index contributed by atoms with van der Waals surface area (Å²) in [5, 5.41) is 3.80. The smallest absolute Gasteiger partial charge is 0.265 e. The highest BCUT2D eigenvalue weighted by molar-refractivity contribution is 7.15. The molecule has 4 aromatic rings. The second kappa shape index (κ2) is 9.91. The molecule has 0 radical (unpaired) electrons. The Morgan fingerprint density at radius 3 is 2.72 bits per heavy atom. The zero-order valence-electron chi connectivity index (χ0n) is 20.3. The number of hydrogen-bond donors (Lipinski definition) is 1. The molecule has 1 aliphatic rings. The van der Waals surface area contributed by atoms with Gasteiger partial charge in [0.1, 0.15) is 17.3 Å². The van der Waals surface area contributed by atoms with Crippen LogP contribution in [-0.2, 0) is 9.59 Å². The highest BCUT2D eigenvalue weighted by atomic mass is 32.1. The molecule has 7 nitrogen and oxygen atoms in total.